The Morgan fingerprint density at radius 3 is 2.73 bits per heavy atom. The topological polar surface area (TPSA) is 67.0 Å². The van der Waals surface area contributed by atoms with E-state index in [4.69, 9.17) is 4.74 Å². The molecule has 5 nitrogen and oxygen atoms in total. The minimum absolute atomic E-state index is 0.0832. The van der Waals surface area contributed by atoms with Crippen molar-refractivity contribution in [1.29, 1.82) is 0 Å². The molecule has 0 bridgehead atoms. The van der Waals surface area contributed by atoms with Gasteiger partial charge in [-0.1, -0.05) is 0 Å². The number of carbonyl (C=O) groups is 1. The summed E-state index contributed by atoms with van der Waals surface area (Å²) in [5, 5.41) is 2.62. The van der Waals surface area contributed by atoms with Gasteiger partial charge in [-0.3, -0.25) is 4.79 Å². The lowest BCUT2D eigenvalue weighted by Gasteiger charge is -2.14. The summed E-state index contributed by atoms with van der Waals surface area (Å²) in [7, 11) is 1.47. The van der Waals surface area contributed by atoms with Crippen LogP contribution in [0.2, 0.25) is 0 Å². The number of methoxy groups -OCH3 is 1. The minimum Gasteiger partial charge on any atom is -0.481 e. The number of hydrogen-bond acceptors (Lipinski definition) is 3. The Hall–Kier alpha value is -2.51. The van der Waals surface area contributed by atoms with E-state index < -0.39 is 23.8 Å². The summed E-state index contributed by atoms with van der Waals surface area (Å²) in [6.07, 6.45) is -1.96. The van der Waals surface area contributed by atoms with Gasteiger partial charge in [-0.2, -0.15) is 13.2 Å². The molecule has 2 N–H and O–H groups in total. The number of H-pyrrole nitrogens is 1. The highest BCUT2D eigenvalue weighted by Crippen LogP contribution is 2.28. The number of ether oxygens (including phenoxy) is 1. The van der Waals surface area contributed by atoms with Crippen LogP contribution in [0.4, 0.5) is 13.2 Å². The zero-order valence-electron chi connectivity index (χ0n) is 11.9. The van der Waals surface area contributed by atoms with Crippen LogP contribution in [-0.4, -0.2) is 23.0 Å². The first-order chi connectivity index (χ1) is 10.3. The number of aromatic nitrogens is 2. The van der Waals surface area contributed by atoms with Gasteiger partial charge in [-0.15, -0.1) is 0 Å². The standard InChI is InChI=1S/C14H14F3N3O2/c1-8(9-3-4-18-12(6-9)22-2)20-13(21)10-5-11(19-7-10)14(15,16)17/h3-8,19H,1-2H3,(H,20,21). The van der Waals surface area contributed by atoms with E-state index in [0.29, 0.717) is 5.88 Å². The number of nitrogens with zero attached hydrogens (tertiary/aromatic N) is 1. The smallest absolute Gasteiger partial charge is 0.431 e. The lowest BCUT2D eigenvalue weighted by atomic mass is 10.1. The van der Waals surface area contributed by atoms with Crippen LogP contribution in [0.1, 0.15) is 34.6 Å². The predicted octanol–water partition coefficient (Wildman–Crippen LogP) is 2.93. The second-order valence-electron chi connectivity index (χ2n) is 4.63. The normalized spacial score (nSPS) is 12.8. The van der Waals surface area contributed by atoms with Gasteiger partial charge in [0.25, 0.3) is 5.91 Å². The molecule has 2 heterocycles. The van der Waals surface area contributed by atoms with Crippen LogP contribution in [0.25, 0.3) is 0 Å². The summed E-state index contributed by atoms with van der Waals surface area (Å²) >= 11 is 0. The van der Waals surface area contributed by atoms with Crippen LogP contribution in [0.5, 0.6) is 5.88 Å². The van der Waals surface area contributed by atoms with E-state index in [9.17, 15) is 18.0 Å². The fraction of sp³-hybridized carbons (Fsp3) is 0.286. The van der Waals surface area contributed by atoms with Gasteiger partial charge in [0, 0.05) is 18.5 Å². The van der Waals surface area contributed by atoms with Gasteiger partial charge in [0.1, 0.15) is 5.69 Å². The van der Waals surface area contributed by atoms with E-state index >= 15 is 0 Å². The van der Waals surface area contributed by atoms with Crippen LogP contribution >= 0.6 is 0 Å². The summed E-state index contributed by atoms with van der Waals surface area (Å²) in [6, 6.07) is 3.69. The molecule has 0 aliphatic carbocycles. The number of carbonyl (C=O) groups excluding carboxylic acids is 1. The Morgan fingerprint density at radius 2 is 2.14 bits per heavy atom. The summed E-state index contributed by atoms with van der Waals surface area (Å²) in [5.41, 5.74) is -0.317. The van der Waals surface area contributed by atoms with E-state index in [2.05, 4.69) is 10.3 Å². The number of alkyl halides is 3. The van der Waals surface area contributed by atoms with Gasteiger partial charge < -0.3 is 15.0 Å². The Bertz CT molecular complexity index is 667. The van der Waals surface area contributed by atoms with Crippen molar-refractivity contribution in [3.8, 4) is 5.88 Å². The molecule has 0 aromatic carbocycles. The van der Waals surface area contributed by atoms with Gasteiger partial charge in [0.15, 0.2) is 0 Å². The molecule has 0 saturated heterocycles. The van der Waals surface area contributed by atoms with E-state index in [1.807, 2.05) is 4.98 Å². The van der Waals surface area contributed by atoms with Crippen molar-refractivity contribution in [3.05, 3.63) is 47.4 Å². The van der Waals surface area contributed by atoms with E-state index in [0.717, 1.165) is 17.8 Å². The number of hydrogen-bond donors (Lipinski definition) is 2. The predicted molar refractivity (Wildman–Crippen MR) is 72.5 cm³/mol. The van der Waals surface area contributed by atoms with E-state index in [-0.39, 0.29) is 5.56 Å². The Kier molecular flexibility index (Phi) is 4.39. The van der Waals surface area contributed by atoms with Crippen LogP contribution in [-0.2, 0) is 6.18 Å². The quantitative estimate of drug-likeness (QED) is 0.912. The highest BCUT2D eigenvalue weighted by atomic mass is 19.4. The maximum atomic E-state index is 12.5. The van der Waals surface area contributed by atoms with Crippen molar-refractivity contribution in [1.82, 2.24) is 15.3 Å². The molecule has 22 heavy (non-hydrogen) atoms. The molecule has 0 fully saturated rings. The molecule has 0 aliphatic heterocycles. The van der Waals surface area contributed by atoms with Crippen LogP contribution < -0.4 is 10.1 Å². The molecule has 0 saturated carbocycles. The molecule has 118 valence electrons. The highest BCUT2D eigenvalue weighted by molar-refractivity contribution is 5.94. The first-order valence-corrected chi connectivity index (χ1v) is 6.37. The van der Waals surface area contributed by atoms with Gasteiger partial charge in [0.05, 0.1) is 18.7 Å². The molecule has 0 radical (unpaired) electrons. The highest BCUT2D eigenvalue weighted by Gasteiger charge is 2.33. The zero-order chi connectivity index (χ0) is 16.3. The third-order valence-corrected chi connectivity index (χ3v) is 3.07. The van der Waals surface area contributed by atoms with E-state index in [1.165, 1.54) is 13.3 Å². The molecule has 8 heteroatoms. The lowest BCUT2D eigenvalue weighted by molar-refractivity contribution is -0.140. The molecule has 2 rings (SSSR count). The first-order valence-electron chi connectivity index (χ1n) is 6.37. The average molecular weight is 313 g/mol. The van der Waals surface area contributed by atoms with Gasteiger partial charge in [-0.25, -0.2) is 4.98 Å². The fourth-order valence-corrected chi connectivity index (χ4v) is 1.86. The number of nitrogens with one attached hydrogen (secondary N) is 2. The van der Waals surface area contributed by atoms with Gasteiger partial charge in [-0.05, 0) is 24.6 Å². The third kappa shape index (κ3) is 3.57. The molecule has 0 spiro atoms. The Labute approximate surface area is 124 Å². The summed E-state index contributed by atoms with van der Waals surface area (Å²) in [6.45, 7) is 1.71. The molecule has 1 atom stereocenters. The second kappa shape index (κ2) is 6.08. The van der Waals surface area contributed by atoms with Gasteiger partial charge in [0.2, 0.25) is 5.88 Å². The maximum absolute atomic E-state index is 12.5. The first kappa shape index (κ1) is 15.9. The van der Waals surface area contributed by atoms with Crippen LogP contribution in [0.3, 0.4) is 0 Å². The Morgan fingerprint density at radius 1 is 1.41 bits per heavy atom. The summed E-state index contributed by atoms with van der Waals surface area (Å²) in [5.74, 6) is -0.213. The molecule has 2 aromatic rings. The van der Waals surface area contributed by atoms with Crippen molar-refractivity contribution in [2.45, 2.75) is 19.1 Å². The monoisotopic (exact) mass is 313 g/mol. The largest absolute Gasteiger partial charge is 0.481 e. The second-order valence-corrected chi connectivity index (χ2v) is 4.63. The number of pyridine rings is 1. The molecular formula is C14H14F3N3O2. The Balaban J connectivity index is 2.09. The van der Waals surface area contributed by atoms with Crippen molar-refractivity contribution in [3.63, 3.8) is 0 Å². The van der Waals surface area contributed by atoms with Crippen LogP contribution in [0, 0.1) is 0 Å². The van der Waals surface area contributed by atoms with Crippen molar-refractivity contribution < 1.29 is 22.7 Å². The number of amides is 1. The third-order valence-electron chi connectivity index (χ3n) is 3.07. The summed E-state index contributed by atoms with van der Waals surface area (Å²) in [4.78, 5) is 18.0. The van der Waals surface area contributed by atoms with Crippen molar-refractivity contribution >= 4 is 5.91 Å². The van der Waals surface area contributed by atoms with Gasteiger partial charge >= 0.3 is 6.18 Å². The SMILES string of the molecule is COc1cc(C(C)NC(=O)c2c[nH]c(C(F)(F)F)c2)ccn1. The lowest BCUT2D eigenvalue weighted by Crippen LogP contribution is -2.26. The molecule has 2 aromatic heterocycles. The van der Waals surface area contributed by atoms with Crippen molar-refractivity contribution in [2.24, 2.45) is 0 Å². The van der Waals surface area contributed by atoms with Crippen molar-refractivity contribution in [2.75, 3.05) is 7.11 Å². The molecule has 1 amide bonds. The zero-order valence-corrected chi connectivity index (χ0v) is 11.9. The average Bonchev–Trinajstić information content (AvgIpc) is 2.97. The number of aromatic amines is 1. The maximum Gasteiger partial charge on any atom is 0.431 e. The molecule has 1 unspecified atom stereocenters. The van der Waals surface area contributed by atoms with E-state index in [1.54, 1.807) is 19.1 Å². The van der Waals surface area contributed by atoms with Crippen LogP contribution in [0.15, 0.2) is 30.6 Å². The molecular weight excluding hydrogens is 299 g/mol. The minimum atomic E-state index is -4.51. The fourth-order valence-electron chi connectivity index (χ4n) is 1.86. The number of halogens is 3. The number of rotatable bonds is 4. The molecule has 0 aliphatic rings. The summed E-state index contributed by atoms with van der Waals surface area (Å²) < 4.78 is 42.5.